The van der Waals surface area contributed by atoms with Gasteiger partial charge in [-0.2, -0.15) is 0 Å². The minimum Gasteiger partial charge on any atom is -0.335 e. The fourth-order valence-corrected chi connectivity index (χ4v) is 5.12. The van der Waals surface area contributed by atoms with E-state index < -0.39 is 9.84 Å². The molecule has 5 heteroatoms. The van der Waals surface area contributed by atoms with Crippen LogP contribution in [0, 0.1) is 5.92 Å². The number of aromatic nitrogens is 2. The molecule has 4 nitrogen and oxygen atoms in total. The van der Waals surface area contributed by atoms with Crippen molar-refractivity contribution in [2.45, 2.75) is 57.2 Å². The van der Waals surface area contributed by atoms with E-state index in [1.807, 2.05) is 0 Å². The molecule has 1 saturated heterocycles. The second-order valence-electron chi connectivity index (χ2n) is 6.13. The van der Waals surface area contributed by atoms with Crippen molar-refractivity contribution in [2.75, 3.05) is 5.75 Å². The normalized spacial score (nSPS) is 29.9. The molecule has 0 spiro atoms. The average Bonchev–Trinajstić information content (AvgIpc) is 2.73. The Kier molecular flexibility index (Phi) is 3.41. The van der Waals surface area contributed by atoms with Crippen molar-refractivity contribution in [1.82, 2.24) is 9.55 Å². The molecule has 1 aromatic heterocycles. The summed E-state index contributed by atoms with van der Waals surface area (Å²) in [6.07, 6.45) is 7.58. The SMILES string of the molecule is CC1CCn2cc(CC3CCCCS3(=O)=O)nc2C1. The summed E-state index contributed by atoms with van der Waals surface area (Å²) in [5.41, 5.74) is 0.972. The van der Waals surface area contributed by atoms with Crippen molar-refractivity contribution in [1.29, 1.82) is 0 Å². The summed E-state index contributed by atoms with van der Waals surface area (Å²) < 4.78 is 26.3. The minimum atomic E-state index is -2.88. The minimum absolute atomic E-state index is 0.198. The molecule has 0 amide bonds. The lowest BCUT2D eigenvalue weighted by Gasteiger charge is -2.21. The van der Waals surface area contributed by atoms with Crippen molar-refractivity contribution >= 4 is 9.84 Å². The molecule has 3 heterocycles. The van der Waals surface area contributed by atoms with E-state index in [1.165, 1.54) is 6.42 Å². The predicted molar refractivity (Wildman–Crippen MR) is 74.8 cm³/mol. The monoisotopic (exact) mass is 282 g/mol. The van der Waals surface area contributed by atoms with Gasteiger partial charge in [0.2, 0.25) is 0 Å². The third kappa shape index (κ3) is 2.71. The molecular weight excluding hydrogens is 260 g/mol. The van der Waals surface area contributed by atoms with E-state index in [4.69, 9.17) is 0 Å². The van der Waals surface area contributed by atoms with Crippen LogP contribution in [-0.4, -0.2) is 29.0 Å². The zero-order valence-corrected chi connectivity index (χ0v) is 12.3. The Bertz CT molecular complexity index is 562. The zero-order valence-electron chi connectivity index (χ0n) is 11.5. The topological polar surface area (TPSA) is 52.0 Å². The van der Waals surface area contributed by atoms with E-state index in [1.54, 1.807) is 0 Å². The highest BCUT2D eigenvalue weighted by molar-refractivity contribution is 7.92. The Morgan fingerprint density at radius 3 is 3.00 bits per heavy atom. The van der Waals surface area contributed by atoms with Gasteiger partial charge in [0.05, 0.1) is 16.7 Å². The second kappa shape index (κ2) is 4.93. The first kappa shape index (κ1) is 13.2. The van der Waals surface area contributed by atoms with Crippen LogP contribution >= 0.6 is 0 Å². The lowest BCUT2D eigenvalue weighted by molar-refractivity contribution is 0.409. The van der Waals surface area contributed by atoms with Gasteiger partial charge in [0.25, 0.3) is 0 Å². The number of nitrogens with zero attached hydrogens (tertiary/aromatic N) is 2. The molecule has 0 bridgehead atoms. The van der Waals surface area contributed by atoms with Crippen LogP contribution in [0.25, 0.3) is 0 Å². The Hall–Kier alpha value is -0.840. The lowest BCUT2D eigenvalue weighted by Crippen LogP contribution is -2.30. The quantitative estimate of drug-likeness (QED) is 0.833. The number of sulfone groups is 1. The van der Waals surface area contributed by atoms with E-state index in [-0.39, 0.29) is 5.25 Å². The highest BCUT2D eigenvalue weighted by atomic mass is 32.2. The fourth-order valence-electron chi connectivity index (χ4n) is 3.23. The van der Waals surface area contributed by atoms with Gasteiger partial charge in [-0.1, -0.05) is 13.3 Å². The van der Waals surface area contributed by atoms with Crippen LogP contribution in [0.4, 0.5) is 0 Å². The molecule has 2 atom stereocenters. The molecular formula is C14H22N2O2S. The number of hydrogen-bond donors (Lipinski definition) is 0. The first-order valence-corrected chi connectivity index (χ1v) is 9.02. The molecule has 2 aliphatic rings. The van der Waals surface area contributed by atoms with Crippen LogP contribution in [0.1, 0.15) is 44.1 Å². The number of rotatable bonds is 2. The maximum atomic E-state index is 12.0. The Balaban J connectivity index is 1.77. The molecule has 0 aliphatic carbocycles. The average molecular weight is 282 g/mol. The van der Waals surface area contributed by atoms with Crippen molar-refractivity contribution < 1.29 is 8.42 Å². The Morgan fingerprint density at radius 1 is 1.37 bits per heavy atom. The number of aryl methyl sites for hydroxylation is 1. The van der Waals surface area contributed by atoms with Gasteiger partial charge in [-0.15, -0.1) is 0 Å². The third-order valence-electron chi connectivity index (χ3n) is 4.45. The van der Waals surface area contributed by atoms with Gasteiger partial charge in [-0.3, -0.25) is 0 Å². The summed E-state index contributed by atoms with van der Waals surface area (Å²) in [7, 11) is -2.88. The number of hydrogen-bond acceptors (Lipinski definition) is 3. The van der Waals surface area contributed by atoms with Crippen LogP contribution in [0.3, 0.4) is 0 Å². The first-order valence-electron chi connectivity index (χ1n) is 7.31. The first-order chi connectivity index (χ1) is 9.04. The Labute approximate surface area is 115 Å². The maximum absolute atomic E-state index is 12.0. The molecule has 0 radical (unpaired) electrons. The van der Waals surface area contributed by atoms with Crippen molar-refractivity contribution in [3.63, 3.8) is 0 Å². The summed E-state index contributed by atoms with van der Waals surface area (Å²) in [5, 5.41) is -0.198. The van der Waals surface area contributed by atoms with E-state index in [0.29, 0.717) is 18.1 Å². The number of imidazole rings is 1. The molecule has 3 rings (SSSR count). The smallest absolute Gasteiger partial charge is 0.153 e. The van der Waals surface area contributed by atoms with Crippen LogP contribution in [0.2, 0.25) is 0 Å². The third-order valence-corrected chi connectivity index (χ3v) is 6.73. The maximum Gasteiger partial charge on any atom is 0.153 e. The van der Waals surface area contributed by atoms with Gasteiger partial charge >= 0.3 is 0 Å². The van der Waals surface area contributed by atoms with E-state index in [9.17, 15) is 8.42 Å². The van der Waals surface area contributed by atoms with Gasteiger partial charge < -0.3 is 4.57 Å². The van der Waals surface area contributed by atoms with Crippen LogP contribution in [0.15, 0.2) is 6.20 Å². The van der Waals surface area contributed by atoms with Gasteiger partial charge in [0.1, 0.15) is 5.82 Å². The molecule has 1 fully saturated rings. The van der Waals surface area contributed by atoms with E-state index >= 15 is 0 Å². The second-order valence-corrected chi connectivity index (χ2v) is 8.53. The fraction of sp³-hybridized carbons (Fsp3) is 0.786. The van der Waals surface area contributed by atoms with Crippen molar-refractivity contribution in [2.24, 2.45) is 5.92 Å². The zero-order chi connectivity index (χ0) is 13.5. The Morgan fingerprint density at radius 2 is 2.21 bits per heavy atom. The highest BCUT2D eigenvalue weighted by Gasteiger charge is 2.30. The van der Waals surface area contributed by atoms with Crippen molar-refractivity contribution in [3.8, 4) is 0 Å². The lowest BCUT2D eigenvalue weighted by atomic mass is 10.0. The molecule has 0 saturated carbocycles. The summed E-state index contributed by atoms with van der Waals surface area (Å²) in [4.78, 5) is 4.66. The molecule has 2 aliphatic heterocycles. The summed E-state index contributed by atoms with van der Waals surface area (Å²) in [6, 6.07) is 0. The molecule has 106 valence electrons. The molecule has 19 heavy (non-hydrogen) atoms. The van der Waals surface area contributed by atoms with Gasteiger partial charge in [0, 0.05) is 25.6 Å². The largest absolute Gasteiger partial charge is 0.335 e. The van der Waals surface area contributed by atoms with Gasteiger partial charge in [0.15, 0.2) is 9.84 Å². The van der Waals surface area contributed by atoms with Gasteiger partial charge in [-0.25, -0.2) is 13.4 Å². The molecule has 1 aromatic rings. The summed E-state index contributed by atoms with van der Waals surface area (Å²) >= 11 is 0. The van der Waals surface area contributed by atoms with Crippen LogP contribution in [0.5, 0.6) is 0 Å². The van der Waals surface area contributed by atoms with E-state index in [0.717, 1.165) is 43.7 Å². The highest BCUT2D eigenvalue weighted by Crippen LogP contribution is 2.25. The molecule has 2 unspecified atom stereocenters. The molecule has 0 aromatic carbocycles. The van der Waals surface area contributed by atoms with Crippen molar-refractivity contribution in [3.05, 3.63) is 17.7 Å². The predicted octanol–water partition coefficient (Wildman–Crippen LogP) is 1.98. The van der Waals surface area contributed by atoms with Crippen LogP contribution < -0.4 is 0 Å². The van der Waals surface area contributed by atoms with Crippen LogP contribution in [-0.2, 0) is 29.2 Å². The number of fused-ring (bicyclic) bond motifs is 1. The van der Waals surface area contributed by atoms with E-state index in [2.05, 4.69) is 22.7 Å². The molecule has 0 N–H and O–H groups in total. The summed E-state index contributed by atoms with van der Waals surface area (Å²) in [6.45, 7) is 3.28. The standard InChI is InChI=1S/C14H22N2O2S/c1-11-5-6-16-10-12(15-14(16)8-11)9-13-4-2-3-7-19(13,17)18/h10-11,13H,2-9H2,1H3. The van der Waals surface area contributed by atoms with Gasteiger partial charge in [-0.05, 0) is 25.2 Å². The summed E-state index contributed by atoms with van der Waals surface area (Å²) in [5.74, 6) is 2.20.